The van der Waals surface area contributed by atoms with Crippen LogP contribution in [0, 0.1) is 0 Å². The number of rotatable bonds is 9. The summed E-state index contributed by atoms with van der Waals surface area (Å²) in [7, 11) is -8.83. The third kappa shape index (κ3) is 6.08. The van der Waals surface area contributed by atoms with Crippen molar-refractivity contribution in [2.75, 3.05) is 19.8 Å². The van der Waals surface area contributed by atoms with Crippen molar-refractivity contribution in [3.05, 3.63) is 24.3 Å². The predicted octanol–water partition coefficient (Wildman–Crippen LogP) is 1.44. The average molecular weight is 339 g/mol. The molecule has 21 heavy (non-hydrogen) atoms. The van der Waals surface area contributed by atoms with Crippen molar-refractivity contribution in [2.24, 2.45) is 0 Å². The summed E-state index contributed by atoms with van der Waals surface area (Å²) in [4.78, 5) is -1.00. The highest BCUT2D eigenvalue weighted by molar-refractivity contribution is 7.89. The summed E-state index contributed by atoms with van der Waals surface area (Å²) in [6.45, 7) is 2.82. The van der Waals surface area contributed by atoms with E-state index in [0.717, 1.165) is 25.0 Å². The van der Waals surface area contributed by atoms with Crippen LogP contribution in [0.3, 0.4) is 0 Å². The Balaban J connectivity index is 2.67. The minimum absolute atomic E-state index is 0.0542. The largest absolute Gasteiger partial charge is 0.380 e. The molecule has 120 valence electrons. The second kappa shape index (κ2) is 7.83. The molecule has 1 aromatic rings. The first-order valence-corrected chi connectivity index (χ1v) is 9.26. The quantitative estimate of drug-likeness (QED) is 0.543. The normalized spacial score (nSPS) is 12.5. The Morgan fingerprint density at radius 2 is 1.81 bits per heavy atom. The predicted molar refractivity (Wildman–Crippen MR) is 75.7 cm³/mol. The molecule has 0 heterocycles. The Hall–Kier alpha value is -1.03. The molecule has 0 radical (unpaired) electrons. The maximum absolute atomic E-state index is 12.9. The van der Waals surface area contributed by atoms with Crippen molar-refractivity contribution in [1.82, 2.24) is 4.72 Å². The summed E-state index contributed by atoms with van der Waals surface area (Å²) < 4.78 is 65.7. The Bertz CT molecular complexity index is 658. The van der Waals surface area contributed by atoms with Gasteiger partial charge in [0.2, 0.25) is 10.0 Å². The third-order valence-electron chi connectivity index (χ3n) is 2.58. The zero-order chi connectivity index (χ0) is 15.9. The molecule has 1 N–H and O–H groups in total. The van der Waals surface area contributed by atoms with E-state index in [-0.39, 0.29) is 18.0 Å². The lowest BCUT2D eigenvalue weighted by molar-refractivity contribution is 0.136. The van der Waals surface area contributed by atoms with Crippen LogP contribution in [0.25, 0.3) is 0 Å². The monoisotopic (exact) mass is 339 g/mol. The van der Waals surface area contributed by atoms with Crippen LogP contribution in [0.4, 0.5) is 3.89 Å². The second-order valence-corrected chi connectivity index (χ2v) is 7.39. The number of hydrogen-bond donors (Lipinski definition) is 1. The van der Waals surface area contributed by atoms with Crippen LogP contribution in [-0.4, -0.2) is 36.6 Å². The van der Waals surface area contributed by atoms with Gasteiger partial charge >= 0.3 is 10.2 Å². The lowest BCUT2D eigenvalue weighted by Gasteiger charge is -2.08. The highest BCUT2D eigenvalue weighted by Gasteiger charge is 2.18. The van der Waals surface area contributed by atoms with E-state index >= 15 is 0 Å². The van der Waals surface area contributed by atoms with E-state index in [1.807, 2.05) is 6.92 Å². The molecule has 1 rings (SSSR count). The zero-order valence-corrected chi connectivity index (χ0v) is 13.2. The van der Waals surface area contributed by atoms with E-state index in [2.05, 4.69) is 4.72 Å². The zero-order valence-electron chi connectivity index (χ0n) is 11.6. The van der Waals surface area contributed by atoms with Crippen molar-refractivity contribution < 1.29 is 25.5 Å². The summed E-state index contributed by atoms with van der Waals surface area (Å²) in [5.41, 5.74) is 0. The number of benzene rings is 1. The first-order valence-electron chi connectivity index (χ1n) is 6.39. The van der Waals surface area contributed by atoms with Crippen molar-refractivity contribution in [3.8, 4) is 0 Å². The minimum atomic E-state index is -4.94. The molecule has 1 aromatic carbocycles. The molecule has 0 bridgehead atoms. The van der Waals surface area contributed by atoms with Gasteiger partial charge in [0.25, 0.3) is 0 Å². The molecule has 0 amide bonds. The molecular formula is C12H18FNO5S2. The molecule has 9 heteroatoms. The number of unbranched alkanes of at least 4 members (excludes halogenated alkanes) is 1. The molecule has 0 saturated carbocycles. The van der Waals surface area contributed by atoms with Crippen molar-refractivity contribution in [2.45, 2.75) is 29.6 Å². The minimum Gasteiger partial charge on any atom is -0.380 e. The lowest BCUT2D eigenvalue weighted by atomic mass is 10.4. The van der Waals surface area contributed by atoms with Crippen LogP contribution in [0.15, 0.2) is 34.1 Å². The van der Waals surface area contributed by atoms with E-state index in [1.165, 1.54) is 12.1 Å². The molecule has 0 unspecified atom stereocenters. The number of nitrogens with one attached hydrogen (secondary N) is 1. The first-order chi connectivity index (χ1) is 9.77. The number of halogens is 1. The summed E-state index contributed by atoms with van der Waals surface area (Å²) in [6.07, 6.45) is 1.87. The third-order valence-corrected chi connectivity index (χ3v) is 4.85. The topological polar surface area (TPSA) is 89.5 Å². The van der Waals surface area contributed by atoms with Gasteiger partial charge in [-0.05, 0) is 24.6 Å². The van der Waals surface area contributed by atoms with Gasteiger partial charge in [-0.1, -0.05) is 19.4 Å². The number of ether oxygens (including phenoxy) is 1. The van der Waals surface area contributed by atoms with E-state index in [1.54, 1.807) is 0 Å². The summed E-state index contributed by atoms with van der Waals surface area (Å²) in [5, 5.41) is 0. The van der Waals surface area contributed by atoms with Crippen LogP contribution in [-0.2, 0) is 25.0 Å². The van der Waals surface area contributed by atoms with Crippen molar-refractivity contribution >= 4 is 20.2 Å². The molecule has 0 aliphatic rings. The highest BCUT2D eigenvalue weighted by atomic mass is 32.3. The first kappa shape index (κ1) is 18.0. The van der Waals surface area contributed by atoms with Gasteiger partial charge in [-0.3, -0.25) is 0 Å². The molecule has 0 aliphatic heterocycles. The van der Waals surface area contributed by atoms with E-state index in [4.69, 9.17) is 4.74 Å². The van der Waals surface area contributed by atoms with Gasteiger partial charge in [0.05, 0.1) is 16.4 Å². The Morgan fingerprint density at radius 3 is 2.43 bits per heavy atom. The van der Waals surface area contributed by atoms with Crippen LogP contribution >= 0.6 is 0 Å². The van der Waals surface area contributed by atoms with E-state index in [0.29, 0.717) is 6.61 Å². The standard InChI is InChI=1S/C12H18FNO5S2/c1-2-3-8-19-9-7-14-21(17,18)12-6-4-5-11(10-12)20(13,15)16/h4-6,10,14H,2-3,7-9H2,1H3. The number of sulfonamides is 1. The van der Waals surface area contributed by atoms with Gasteiger partial charge in [0.1, 0.15) is 0 Å². The van der Waals surface area contributed by atoms with Crippen LogP contribution < -0.4 is 4.72 Å². The van der Waals surface area contributed by atoms with Gasteiger partial charge in [-0.2, -0.15) is 8.42 Å². The fraction of sp³-hybridized carbons (Fsp3) is 0.500. The van der Waals surface area contributed by atoms with E-state index < -0.39 is 25.1 Å². The fourth-order valence-corrected chi connectivity index (χ4v) is 3.12. The fourth-order valence-electron chi connectivity index (χ4n) is 1.47. The summed E-state index contributed by atoms with van der Waals surface area (Å²) in [6, 6.07) is 4.12. The molecule has 0 aromatic heterocycles. The van der Waals surface area contributed by atoms with Gasteiger partial charge in [0, 0.05) is 13.2 Å². The second-order valence-electron chi connectivity index (χ2n) is 4.28. The maximum atomic E-state index is 12.9. The highest BCUT2D eigenvalue weighted by Crippen LogP contribution is 2.17. The Labute approximate surface area is 124 Å². The molecular weight excluding hydrogens is 321 g/mol. The number of hydrogen-bond acceptors (Lipinski definition) is 5. The Kier molecular flexibility index (Phi) is 6.72. The van der Waals surface area contributed by atoms with Crippen LogP contribution in [0.1, 0.15) is 19.8 Å². The van der Waals surface area contributed by atoms with Crippen LogP contribution in [0.2, 0.25) is 0 Å². The smallest absolute Gasteiger partial charge is 0.332 e. The molecule has 6 nitrogen and oxygen atoms in total. The Morgan fingerprint density at radius 1 is 1.14 bits per heavy atom. The molecule has 0 aliphatic carbocycles. The SMILES string of the molecule is CCCCOCCNS(=O)(=O)c1cccc(S(=O)(=O)F)c1. The van der Waals surface area contributed by atoms with Gasteiger partial charge in [0.15, 0.2) is 0 Å². The van der Waals surface area contributed by atoms with Gasteiger partial charge in [-0.15, -0.1) is 3.89 Å². The molecule has 0 fully saturated rings. The molecule has 0 spiro atoms. The molecule has 0 saturated heterocycles. The van der Waals surface area contributed by atoms with E-state index in [9.17, 15) is 20.7 Å². The maximum Gasteiger partial charge on any atom is 0.332 e. The van der Waals surface area contributed by atoms with Crippen LogP contribution in [0.5, 0.6) is 0 Å². The lowest BCUT2D eigenvalue weighted by Crippen LogP contribution is -2.27. The summed E-state index contributed by atoms with van der Waals surface area (Å²) >= 11 is 0. The molecule has 0 atom stereocenters. The van der Waals surface area contributed by atoms with Crippen molar-refractivity contribution in [1.29, 1.82) is 0 Å². The van der Waals surface area contributed by atoms with Gasteiger partial charge in [-0.25, -0.2) is 13.1 Å². The summed E-state index contributed by atoms with van der Waals surface area (Å²) in [5.74, 6) is 0. The average Bonchev–Trinajstić information content (AvgIpc) is 2.42. The van der Waals surface area contributed by atoms with Gasteiger partial charge < -0.3 is 4.74 Å². The van der Waals surface area contributed by atoms with Crippen molar-refractivity contribution in [3.63, 3.8) is 0 Å².